The molecule has 0 unspecified atom stereocenters. The number of rotatable bonds is 9. The van der Waals surface area contributed by atoms with E-state index in [9.17, 15) is 0 Å². The maximum Gasteiger partial charge on any atom is 0.152 e. The summed E-state index contributed by atoms with van der Waals surface area (Å²) in [7, 11) is 3.61. The predicted octanol–water partition coefficient (Wildman–Crippen LogP) is -3.13. The van der Waals surface area contributed by atoms with Crippen molar-refractivity contribution < 1.29 is 0 Å². The van der Waals surface area contributed by atoms with Gasteiger partial charge in [0.05, 0.1) is 0 Å². The van der Waals surface area contributed by atoms with Gasteiger partial charge in [0.25, 0.3) is 0 Å². The Balaban J connectivity index is 1.62. The number of nitrogens with two attached hydrogens (primary N) is 2. The Morgan fingerprint density at radius 3 is 1.50 bits per heavy atom. The van der Waals surface area contributed by atoms with E-state index >= 15 is 0 Å². The number of nitrogens with zero attached hydrogens (tertiary/aromatic N) is 10. The summed E-state index contributed by atoms with van der Waals surface area (Å²) in [5.41, 5.74) is 0. The van der Waals surface area contributed by atoms with Gasteiger partial charge in [-0.15, -0.1) is 10.2 Å². The second-order valence-corrected chi connectivity index (χ2v) is 5.01. The van der Waals surface area contributed by atoms with Crippen LogP contribution in [0.25, 0.3) is 0 Å². The average Bonchev–Trinajstić information content (AvgIpc) is 3.09. The first-order chi connectivity index (χ1) is 10.6. The van der Waals surface area contributed by atoms with E-state index < -0.39 is 0 Å². The third-order valence-corrected chi connectivity index (χ3v) is 3.34. The predicted molar refractivity (Wildman–Crippen MR) is 76.5 cm³/mol. The summed E-state index contributed by atoms with van der Waals surface area (Å²) in [6, 6.07) is 0. The number of hydrogen-bond donors (Lipinski definition) is 2. The Kier molecular flexibility index (Phi) is 5.83. The minimum atomic E-state index is 0.652. The summed E-state index contributed by atoms with van der Waals surface area (Å²) in [4.78, 5) is 0. The highest BCUT2D eigenvalue weighted by atomic mass is 15.5. The van der Waals surface area contributed by atoms with E-state index in [2.05, 4.69) is 31.1 Å². The molecular weight excluding hydrogens is 288 g/mol. The molecule has 0 bridgehead atoms. The van der Waals surface area contributed by atoms with E-state index in [4.69, 9.17) is 11.7 Å². The Labute approximate surface area is 128 Å². The summed E-state index contributed by atoms with van der Waals surface area (Å²) in [5.74, 6) is 13.5. The summed E-state index contributed by atoms with van der Waals surface area (Å²) in [6.07, 6.45) is 1.38. The van der Waals surface area contributed by atoms with E-state index in [1.807, 2.05) is 0 Å². The summed E-state index contributed by atoms with van der Waals surface area (Å²) < 4.78 is 3.27. The highest BCUT2D eigenvalue weighted by Crippen LogP contribution is 1.94. The minimum absolute atomic E-state index is 0.652. The Hall–Kier alpha value is -2.02. The first kappa shape index (κ1) is 16.4. The minimum Gasteiger partial charge on any atom is -0.269 e. The van der Waals surface area contributed by atoms with E-state index in [1.165, 1.54) is 0 Å². The quantitative estimate of drug-likeness (QED) is 0.360. The topological polar surface area (TPSA) is 146 Å². The van der Waals surface area contributed by atoms with Crippen LogP contribution in [0, 0.1) is 0 Å². The molecule has 0 aliphatic rings. The van der Waals surface area contributed by atoms with Crippen LogP contribution in [0.2, 0.25) is 0 Å². The number of hydrogen-bond acceptors (Lipinski definition) is 10. The van der Waals surface area contributed by atoms with Crippen LogP contribution < -0.4 is 11.7 Å². The molecule has 0 radical (unpaired) electrons. The molecule has 4 N–H and O–H groups in total. The summed E-state index contributed by atoms with van der Waals surface area (Å²) in [5, 5.41) is 26.0. The van der Waals surface area contributed by atoms with Gasteiger partial charge in [-0.3, -0.25) is 11.7 Å². The van der Waals surface area contributed by atoms with E-state index in [-0.39, 0.29) is 0 Å². The molecule has 22 heavy (non-hydrogen) atoms. The maximum atomic E-state index is 5.94. The highest BCUT2D eigenvalue weighted by Gasteiger charge is 2.08. The lowest BCUT2D eigenvalue weighted by atomic mass is 10.3. The summed E-state index contributed by atoms with van der Waals surface area (Å²) >= 11 is 0. The Morgan fingerprint density at radius 2 is 1.18 bits per heavy atom. The third kappa shape index (κ3) is 4.77. The molecule has 0 saturated heterocycles. The van der Waals surface area contributed by atoms with Crippen molar-refractivity contribution >= 4 is 0 Å². The molecule has 0 fully saturated rings. The molecule has 2 aromatic heterocycles. The van der Waals surface area contributed by atoms with Crippen molar-refractivity contribution in [1.82, 2.24) is 50.4 Å². The molecule has 2 heterocycles. The molecule has 122 valence electrons. The lowest BCUT2D eigenvalue weighted by molar-refractivity contribution is 0.209. The largest absolute Gasteiger partial charge is 0.269 e. The van der Waals surface area contributed by atoms with Crippen LogP contribution in [0.3, 0.4) is 0 Å². The normalized spacial score (nSPS) is 11.7. The first-order valence-electron chi connectivity index (χ1n) is 6.98. The molecule has 0 saturated carbocycles. The lowest BCUT2D eigenvalue weighted by Gasteiger charge is -2.20. The third-order valence-electron chi connectivity index (χ3n) is 3.34. The molecule has 0 aliphatic heterocycles. The van der Waals surface area contributed by atoms with Gasteiger partial charge in [-0.1, -0.05) is 0 Å². The monoisotopic (exact) mass is 310 g/mol. The van der Waals surface area contributed by atoms with Crippen molar-refractivity contribution in [3.63, 3.8) is 0 Å². The van der Waals surface area contributed by atoms with Crippen LogP contribution in [0.5, 0.6) is 0 Å². The van der Waals surface area contributed by atoms with Gasteiger partial charge in [0, 0.05) is 53.1 Å². The molecule has 12 heteroatoms. The number of tetrazole rings is 2. The number of aromatic nitrogens is 8. The first-order valence-corrected chi connectivity index (χ1v) is 6.98. The van der Waals surface area contributed by atoms with E-state index in [0.29, 0.717) is 39.0 Å². The highest BCUT2D eigenvalue weighted by molar-refractivity contribution is 4.81. The maximum absolute atomic E-state index is 5.94. The molecular formula is C10H22N12. The fourth-order valence-corrected chi connectivity index (χ4v) is 1.89. The van der Waals surface area contributed by atoms with Gasteiger partial charge in [0.2, 0.25) is 0 Å². The van der Waals surface area contributed by atoms with Crippen LogP contribution in [0.4, 0.5) is 0 Å². The SMILES string of the molecule is Cn1nnnc1CCN(N)CCN(N)CCc1nnnn1C. The zero-order valence-corrected chi connectivity index (χ0v) is 12.9. The molecule has 0 spiro atoms. The van der Waals surface area contributed by atoms with Crippen molar-refractivity contribution in [1.29, 1.82) is 0 Å². The molecule has 2 rings (SSSR count). The smallest absolute Gasteiger partial charge is 0.152 e. The van der Waals surface area contributed by atoms with Crippen molar-refractivity contribution in [3.8, 4) is 0 Å². The van der Waals surface area contributed by atoms with Crippen molar-refractivity contribution in [2.45, 2.75) is 12.8 Å². The Morgan fingerprint density at radius 1 is 0.773 bits per heavy atom. The van der Waals surface area contributed by atoms with Gasteiger partial charge in [-0.05, 0) is 20.9 Å². The standard InChI is InChI=1S/C10H22N12/c1-19-9(13-15-17-19)3-5-21(11)7-8-22(12)6-4-10-14-16-18-20(10)2/h3-8,11-12H2,1-2H3. The fourth-order valence-electron chi connectivity index (χ4n) is 1.89. The van der Waals surface area contributed by atoms with Crippen LogP contribution >= 0.6 is 0 Å². The van der Waals surface area contributed by atoms with Gasteiger partial charge in [0.1, 0.15) is 0 Å². The van der Waals surface area contributed by atoms with Gasteiger partial charge in [0.15, 0.2) is 11.6 Å². The van der Waals surface area contributed by atoms with Crippen molar-refractivity contribution in [2.75, 3.05) is 26.2 Å². The molecule has 12 nitrogen and oxygen atoms in total. The second kappa shape index (κ2) is 7.84. The van der Waals surface area contributed by atoms with Gasteiger partial charge >= 0.3 is 0 Å². The van der Waals surface area contributed by atoms with Gasteiger partial charge < -0.3 is 0 Å². The molecule has 0 aliphatic carbocycles. The van der Waals surface area contributed by atoms with Crippen LogP contribution in [-0.4, -0.2) is 76.6 Å². The van der Waals surface area contributed by atoms with Crippen LogP contribution in [0.1, 0.15) is 11.6 Å². The average molecular weight is 310 g/mol. The van der Waals surface area contributed by atoms with Gasteiger partial charge in [-0.2, -0.15) is 0 Å². The van der Waals surface area contributed by atoms with Gasteiger partial charge in [-0.25, -0.2) is 19.4 Å². The van der Waals surface area contributed by atoms with E-state index in [1.54, 1.807) is 33.5 Å². The molecule has 0 atom stereocenters. The fraction of sp³-hybridized carbons (Fsp3) is 0.800. The molecule has 0 aromatic carbocycles. The van der Waals surface area contributed by atoms with Crippen LogP contribution in [0.15, 0.2) is 0 Å². The second-order valence-electron chi connectivity index (χ2n) is 5.01. The lowest BCUT2D eigenvalue weighted by Crippen LogP contribution is -2.43. The van der Waals surface area contributed by atoms with Crippen LogP contribution in [-0.2, 0) is 26.9 Å². The Bertz CT molecular complexity index is 512. The van der Waals surface area contributed by atoms with Crippen molar-refractivity contribution in [3.05, 3.63) is 11.6 Å². The number of hydrazine groups is 2. The number of aryl methyl sites for hydroxylation is 2. The summed E-state index contributed by atoms with van der Waals surface area (Å²) in [6.45, 7) is 2.63. The molecule has 0 amide bonds. The zero-order chi connectivity index (χ0) is 15.9. The van der Waals surface area contributed by atoms with E-state index in [0.717, 1.165) is 11.6 Å². The van der Waals surface area contributed by atoms with Crippen molar-refractivity contribution in [2.24, 2.45) is 25.8 Å². The molecule has 2 aromatic rings. The zero-order valence-electron chi connectivity index (χ0n) is 12.9.